The van der Waals surface area contributed by atoms with Crippen LogP contribution >= 0.6 is 12.2 Å². The molecule has 0 aromatic heterocycles. The third kappa shape index (κ3) is 4.99. The molecule has 1 saturated heterocycles. The van der Waals surface area contributed by atoms with Crippen molar-refractivity contribution < 1.29 is 19.2 Å². The van der Waals surface area contributed by atoms with E-state index in [4.69, 9.17) is 21.7 Å². The summed E-state index contributed by atoms with van der Waals surface area (Å²) in [6.07, 6.45) is 1.70. The average Bonchev–Trinajstić information content (AvgIpc) is 3.11. The quantitative estimate of drug-likeness (QED) is 0.215. The zero-order chi connectivity index (χ0) is 25.1. The maximum Gasteiger partial charge on any atom is 0.311 e. The number of thiocarbonyl (C=S) groups is 1. The number of nitro benzene ring substituents is 1. The summed E-state index contributed by atoms with van der Waals surface area (Å²) in [7, 11) is 1.53. The van der Waals surface area contributed by atoms with Crippen molar-refractivity contribution in [3.63, 3.8) is 0 Å². The van der Waals surface area contributed by atoms with Crippen molar-refractivity contribution in [1.29, 1.82) is 0 Å². The van der Waals surface area contributed by atoms with Crippen molar-refractivity contribution in [3.8, 4) is 11.5 Å². The first-order valence-electron chi connectivity index (χ1n) is 10.8. The van der Waals surface area contributed by atoms with Crippen molar-refractivity contribution in [2.24, 2.45) is 0 Å². The maximum atomic E-state index is 13.1. The summed E-state index contributed by atoms with van der Waals surface area (Å²) >= 11 is 5.41. The Morgan fingerprint density at radius 1 is 1.09 bits per heavy atom. The first kappa shape index (κ1) is 23.9. The summed E-state index contributed by atoms with van der Waals surface area (Å²) in [4.78, 5) is 25.5. The molecule has 0 saturated carbocycles. The van der Waals surface area contributed by atoms with Gasteiger partial charge in [-0.15, -0.1) is 0 Å². The molecule has 0 unspecified atom stereocenters. The van der Waals surface area contributed by atoms with Gasteiger partial charge in [-0.05, 0) is 73.1 Å². The van der Waals surface area contributed by atoms with E-state index in [0.717, 1.165) is 16.8 Å². The molecule has 0 bridgehead atoms. The Bertz CT molecular complexity index is 1370. The SMILES string of the molecule is COc1ccc(/C=C2/NC(=S)N(c3ccccc3C)C2=O)cc1COc1ccc(C)cc1[N+](=O)[O-]. The first-order valence-corrected chi connectivity index (χ1v) is 11.2. The van der Waals surface area contributed by atoms with Crippen LogP contribution in [0, 0.1) is 24.0 Å². The van der Waals surface area contributed by atoms with Crippen LogP contribution in [-0.4, -0.2) is 23.1 Å². The van der Waals surface area contributed by atoms with Gasteiger partial charge < -0.3 is 14.8 Å². The molecule has 8 nitrogen and oxygen atoms in total. The molecule has 1 N–H and O–H groups in total. The predicted molar refractivity (Wildman–Crippen MR) is 138 cm³/mol. The van der Waals surface area contributed by atoms with Crippen LogP contribution in [0.25, 0.3) is 6.08 Å². The van der Waals surface area contributed by atoms with E-state index in [9.17, 15) is 14.9 Å². The number of rotatable bonds is 7. The molecule has 9 heteroatoms. The second-order valence-corrected chi connectivity index (χ2v) is 8.39. The Morgan fingerprint density at radius 3 is 2.54 bits per heavy atom. The summed E-state index contributed by atoms with van der Waals surface area (Å²) in [5.41, 5.74) is 4.04. The van der Waals surface area contributed by atoms with Gasteiger partial charge in [0.25, 0.3) is 5.91 Å². The highest BCUT2D eigenvalue weighted by Crippen LogP contribution is 2.31. The lowest BCUT2D eigenvalue weighted by molar-refractivity contribution is -0.386. The minimum atomic E-state index is -0.471. The Labute approximate surface area is 207 Å². The molecule has 3 aromatic carbocycles. The van der Waals surface area contributed by atoms with Crippen LogP contribution in [0.5, 0.6) is 11.5 Å². The van der Waals surface area contributed by atoms with Crippen molar-refractivity contribution in [2.45, 2.75) is 20.5 Å². The highest BCUT2D eigenvalue weighted by Gasteiger charge is 2.32. The molecule has 35 heavy (non-hydrogen) atoms. The van der Waals surface area contributed by atoms with Crippen molar-refractivity contribution >= 4 is 40.7 Å². The Hall–Kier alpha value is -4.24. The molecular weight excluding hydrogens is 466 g/mol. The molecule has 0 radical (unpaired) electrons. The monoisotopic (exact) mass is 489 g/mol. The first-order chi connectivity index (χ1) is 16.8. The number of carbonyl (C=O) groups excluding carboxylic acids is 1. The molecular formula is C26H23N3O5S. The lowest BCUT2D eigenvalue weighted by Crippen LogP contribution is -2.30. The summed E-state index contributed by atoms with van der Waals surface area (Å²) in [5, 5.41) is 14.7. The van der Waals surface area contributed by atoms with Crippen LogP contribution in [-0.2, 0) is 11.4 Å². The standard InChI is InChI=1S/C26H23N3O5S/c1-16-8-10-24(22(12-16)29(31)32)34-15-19-13-18(9-11-23(19)33-3)14-20-25(30)28(26(35)27-20)21-7-5-4-6-17(21)2/h4-14H,15H2,1-3H3,(H,27,35)/b20-14+. The molecule has 0 spiro atoms. The number of hydrogen-bond acceptors (Lipinski definition) is 6. The summed E-state index contributed by atoms with van der Waals surface area (Å²) in [5.74, 6) is 0.469. The second-order valence-electron chi connectivity index (χ2n) is 8.00. The minimum Gasteiger partial charge on any atom is -0.496 e. The number of nitro groups is 1. The van der Waals surface area contributed by atoms with Crippen LogP contribution in [0.15, 0.2) is 66.4 Å². The van der Waals surface area contributed by atoms with Gasteiger partial charge in [-0.2, -0.15) is 0 Å². The van der Waals surface area contributed by atoms with E-state index >= 15 is 0 Å². The number of benzene rings is 3. The van der Waals surface area contributed by atoms with Crippen molar-refractivity contribution in [3.05, 3.63) is 98.7 Å². The Kier molecular flexibility index (Phi) is 6.79. The topological polar surface area (TPSA) is 93.9 Å². The van der Waals surface area contributed by atoms with Gasteiger partial charge in [0.05, 0.1) is 17.7 Å². The van der Waals surface area contributed by atoms with E-state index in [1.54, 1.807) is 43.3 Å². The van der Waals surface area contributed by atoms with Crippen LogP contribution in [0.3, 0.4) is 0 Å². The maximum absolute atomic E-state index is 13.1. The fourth-order valence-corrected chi connectivity index (χ4v) is 4.07. The van der Waals surface area contributed by atoms with E-state index < -0.39 is 4.92 Å². The van der Waals surface area contributed by atoms with Gasteiger partial charge in [0, 0.05) is 11.6 Å². The molecule has 0 aliphatic carbocycles. The number of para-hydroxylation sites is 1. The third-order valence-corrected chi connectivity index (χ3v) is 5.83. The highest BCUT2D eigenvalue weighted by molar-refractivity contribution is 7.80. The number of nitrogens with one attached hydrogen (secondary N) is 1. The van der Waals surface area contributed by atoms with Gasteiger partial charge in [0.1, 0.15) is 18.1 Å². The van der Waals surface area contributed by atoms with Gasteiger partial charge in [-0.25, -0.2) is 0 Å². The number of ether oxygens (including phenoxy) is 2. The molecule has 1 amide bonds. The van der Waals surface area contributed by atoms with Crippen LogP contribution in [0.2, 0.25) is 0 Å². The van der Waals surface area contributed by atoms with E-state index in [-0.39, 0.29) is 24.0 Å². The minimum absolute atomic E-state index is 0.0409. The van der Waals surface area contributed by atoms with Gasteiger partial charge in [-0.1, -0.05) is 30.3 Å². The lowest BCUT2D eigenvalue weighted by atomic mass is 10.1. The predicted octanol–water partition coefficient (Wildman–Crippen LogP) is 5.06. The van der Waals surface area contributed by atoms with Crippen molar-refractivity contribution in [2.75, 3.05) is 12.0 Å². The Morgan fingerprint density at radius 2 is 1.83 bits per heavy atom. The second kappa shape index (κ2) is 9.94. The van der Waals surface area contributed by atoms with Gasteiger partial charge in [-0.3, -0.25) is 19.8 Å². The smallest absolute Gasteiger partial charge is 0.311 e. The number of methoxy groups -OCH3 is 1. The number of carbonyl (C=O) groups is 1. The number of anilines is 1. The molecule has 0 atom stereocenters. The number of amides is 1. The lowest BCUT2D eigenvalue weighted by Gasteiger charge is -2.16. The highest BCUT2D eigenvalue weighted by atomic mass is 32.1. The van der Waals surface area contributed by atoms with Gasteiger partial charge >= 0.3 is 5.69 Å². The van der Waals surface area contributed by atoms with Crippen LogP contribution in [0.4, 0.5) is 11.4 Å². The average molecular weight is 490 g/mol. The van der Waals surface area contributed by atoms with E-state index in [2.05, 4.69) is 5.32 Å². The largest absolute Gasteiger partial charge is 0.496 e. The summed E-state index contributed by atoms with van der Waals surface area (Å²) in [6, 6.07) is 17.7. The van der Waals surface area contributed by atoms with Crippen molar-refractivity contribution in [1.82, 2.24) is 5.32 Å². The molecule has 1 fully saturated rings. The molecule has 178 valence electrons. The molecule has 1 heterocycles. The fraction of sp³-hybridized carbons (Fsp3) is 0.154. The number of hydrogen-bond donors (Lipinski definition) is 1. The summed E-state index contributed by atoms with van der Waals surface area (Å²) < 4.78 is 11.2. The summed E-state index contributed by atoms with van der Waals surface area (Å²) in [6.45, 7) is 3.74. The third-order valence-electron chi connectivity index (χ3n) is 5.54. The number of aryl methyl sites for hydroxylation is 2. The van der Waals surface area contributed by atoms with Crippen LogP contribution in [0.1, 0.15) is 22.3 Å². The van der Waals surface area contributed by atoms with E-state index in [1.807, 2.05) is 31.2 Å². The zero-order valence-corrected chi connectivity index (χ0v) is 20.2. The van der Waals surface area contributed by atoms with Gasteiger partial charge in [0.15, 0.2) is 10.9 Å². The molecule has 1 aliphatic rings. The molecule has 4 rings (SSSR count). The van der Waals surface area contributed by atoms with E-state index in [1.165, 1.54) is 18.1 Å². The molecule has 3 aromatic rings. The van der Waals surface area contributed by atoms with E-state index in [0.29, 0.717) is 27.7 Å². The zero-order valence-electron chi connectivity index (χ0n) is 19.4. The Balaban J connectivity index is 1.60. The number of nitrogens with zero attached hydrogens (tertiary/aromatic N) is 2. The fourth-order valence-electron chi connectivity index (χ4n) is 3.78. The van der Waals surface area contributed by atoms with Gasteiger partial charge in [0.2, 0.25) is 0 Å². The normalized spacial score (nSPS) is 14.3. The molecule has 1 aliphatic heterocycles. The van der Waals surface area contributed by atoms with Crippen LogP contribution < -0.4 is 19.7 Å².